The fraction of sp³-hybridized carbons (Fsp3) is 0.909. The van der Waals surface area contributed by atoms with E-state index < -0.39 is 0 Å². The molecule has 4 nitrogen and oxygen atoms in total. The minimum Gasteiger partial charge on any atom is -0.372 e. The molecule has 1 fully saturated rings. The summed E-state index contributed by atoms with van der Waals surface area (Å²) in [6.07, 6.45) is 1.94. The molecular formula is C11H22N2O2. The van der Waals surface area contributed by atoms with Gasteiger partial charge >= 0.3 is 0 Å². The highest BCUT2D eigenvalue weighted by Crippen LogP contribution is 2.14. The van der Waals surface area contributed by atoms with Crippen LogP contribution in [0.4, 0.5) is 0 Å². The smallest absolute Gasteiger partial charge is 0.251 e. The first-order valence-electron chi connectivity index (χ1n) is 5.54. The van der Waals surface area contributed by atoms with Gasteiger partial charge in [-0.25, -0.2) is 0 Å². The molecule has 15 heavy (non-hydrogen) atoms. The third-order valence-corrected chi connectivity index (χ3v) is 3.20. The molecule has 1 aliphatic heterocycles. The molecule has 1 rings (SSSR count). The Morgan fingerprint density at radius 3 is 2.80 bits per heavy atom. The van der Waals surface area contributed by atoms with Gasteiger partial charge in [-0.1, -0.05) is 0 Å². The summed E-state index contributed by atoms with van der Waals surface area (Å²) in [7, 11) is 5.55. The van der Waals surface area contributed by atoms with Crippen LogP contribution in [0.5, 0.6) is 0 Å². The Bertz CT molecular complexity index is 221. The lowest BCUT2D eigenvalue weighted by Gasteiger charge is -2.36. The monoisotopic (exact) mass is 214 g/mol. The van der Waals surface area contributed by atoms with Crippen LogP contribution in [0.25, 0.3) is 0 Å². The Labute approximate surface area is 92.2 Å². The standard InChI is InChI=1S/C11H22N2O2/c1-9(15-4)11(14)13(3)10-6-5-7-12(2)8-10/h9-10H,5-8H2,1-4H3. The summed E-state index contributed by atoms with van der Waals surface area (Å²) in [5.74, 6) is 0.0813. The molecule has 0 N–H and O–H groups in total. The van der Waals surface area contributed by atoms with Crippen molar-refractivity contribution < 1.29 is 9.53 Å². The summed E-state index contributed by atoms with van der Waals surface area (Å²) < 4.78 is 5.05. The molecule has 2 unspecified atom stereocenters. The molecule has 1 amide bonds. The molecule has 88 valence electrons. The second kappa shape index (κ2) is 5.47. The lowest BCUT2D eigenvalue weighted by Crippen LogP contribution is -2.49. The number of carbonyl (C=O) groups is 1. The van der Waals surface area contributed by atoms with E-state index in [-0.39, 0.29) is 12.0 Å². The van der Waals surface area contributed by atoms with Gasteiger partial charge in [0, 0.05) is 26.7 Å². The SMILES string of the molecule is COC(C)C(=O)N(C)C1CCCN(C)C1. The lowest BCUT2D eigenvalue weighted by atomic mass is 10.0. The number of hydrogen-bond acceptors (Lipinski definition) is 3. The molecule has 0 radical (unpaired) electrons. The van der Waals surface area contributed by atoms with Crippen molar-refractivity contribution in [2.75, 3.05) is 34.3 Å². The average molecular weight is 214 g/mol. The maximum atomic E-state index is 11.9. The van der Waals surface area contributed by atoms with Gasteiger partial charge in [0.2, 0.25) is 0 Å². The number of methoxy groups -OCH3 is 1. The normalized spacial score (nSPS) is 24.9. The van der Waals surface area contributed by atoms with Gasteiger partial charge in [0.1, 0.15) is 6.10 Å². The van der Waals surface area contributed by atoms with Crippen LogP contribution in [0.3, 0.4) is 0 Å². The number of amides is 1. The Morgan fingerprint density at radius 2 is 2.27 bits per heavy atom. The zero-order valence-electron chi connectivity index (χ0n) is 10.2. The van der Waals surface area contributed by atoms with Crippen LogP contribution in [0.15, 0.2) is 0 Å². The van der Waals surface area contributed by atoms with E-state index >= 15 is 0 Å². The maximum Gasteiger partial charge on any atom is 0.251 e. The van der Waals surface area contributed by atoms with Gasteiger partial charge in [-0.15, -0.1) is 0 Å². The van der Waals surface area contributed by atoms with Crippen LogP contribution in [-0.4, -0.2) is 62.1 Å². The van der Waals surface area contributed by atoms with Crippen molar-refractivity contribution in [2.45, 2.75) is 31.9 Å². The van der Waals surface area contributed by atoms with E-state index in [2.05, 4.69) is 11.9 Å². The summed E-state index contributed by atoms with van der Waals surface area (Å²) in [5, 5.41) is 0. The highest BCUT2D eigenvalue weighted by Gasteiger charge is 2.26. The number of rotatable bonds is 3. The first-order valence-corrected chi connectivity index (χ1v) is 5.54. The quantitative estimate of drug-likeness (QED) is 0.689. The minimum atomic E-state index is -0.331. The van der Waals surface area contributed by atoms with Crippen LogP contribution < -0.4 is 0 Å². The van der Waals surface area contributed by atoms with E-state index in [1.165, 1.54) is 6.42 Å². The van der Waals surface area contributed by atoms with E-state index in [0.717, 1.165) is 19.5 Å². The van der Waals surface area contributed by atoms with Crippen LogP contribution in [0.2, 0.25) is 0 Å². The van der Waals surface area contributed by atoms with Crippen LogP contribution >= 0.6 is 0 Å². The molecule has 0 saturated carbocycles. The zero-order valence-corrected chi connectivity index (χ0v) is 10.2. The van der Waals surface area contributed by atoms with E-state index in [0.29, 0.717) is 6.04 Å². The van der Waals surface area contributed by atoms with Gasteiger partial charge < -0.3 is 14.5 Å². The Hall–Kier alpha value is -0.610. The molecule has 0 bridgehead atoms. The van der Waals surface area contributed by atoms with E-state index in [1.807, 2.05) is 11.9 Å². The topological polar surface area (TPSA) is 32.8 Å². The fourth-order valence-electron chi connectivity index (χ4n) is 2.02. The molecule has 1 aliphatic rings. The van der Waals surface area contributed by atoms with E-state index in [9.17, 15) is 4.79 Å². The molecular weight excluding hydrogens is 192 g/mol. The van der Waals surface area contributed by atoms with Gasteiger partial charge in [-0.2, -0.15) is 0 Å². The van der Waals surface area contributed by atoms with Gasteiger partial charge in [-0.05, 0) is 33.4 Å². The largest absolute Gasteiger partial charge is 0.372 e. The summed E-state index contributed by atoms with van der Waals surface area (Å²) in [6, 6.07) is 0.342. The van der Waals surface area contributed by atoms with Gasteiger partial charge in [0.25, 0.3) is 5.91 Å². The molecule has 2 atom stereocenters. The Morgan fingerprint density at radius 1 is 1.60 bits per heavy atom. The molecule has 0 spiro atoms. The molecule has 0 aromatic rings. The number of likely N-dealkylation sites (N-methyl/N-ethyl adjacent to an activating group) is 2. The number of likely N-dealkylation sites (tertiary alicyclic amines) is 1. The molecule has 0 aromatic carbocycles. The molecule has 1 heterocycles. The maximum absolute atomic E-state index is 11.9. The summed E-state index contributed by atoms with van der Waals surface area (Å²) in [6.45, 7) is 3.91. The van der Waals surface area contributed by atoms with Crippen molar-refractivity contribution in [3.8, 4) is 0 Å². The second-order valence-electron chi connectivity index (χ2n) is 4.39. The molecule has 0 aromatic heterocycles. The number of carbonyl (C=O) groups excluding carboxylic acids is 1. The predicted octanol–water partition coefficient (Wildman–Crippen LogP) is 0.574. The van der Waals surface area contributed by atoms with Crippen molar-refractivity contribution in [3.05, 3.63) is 0 Å². The van der Waals surface area contributed by atoms with Crippen molar-refractivity contribution in [3.63, 3.8) is 0 Å². The minimum absolute atomic E-state index is 0.0813. The molecule has 0 aliphatic carbocycles. The highest BCUT2D eigenvalue weighted by atomic mass is 16.5. The zero-order chi connectivity index (χ0) is 11.4. The van der Waals surface area contributed by atoms with E-state index in [4.69, 9.17) is 4.74 Å². The van der Waals surface area contributed by atoms with Gasteiger partial charge in [0.05, 0.1) is 0 Å². The van der Waals surface area contributed by atoms with Crippen molar-refractivity contribution in [2.24, 2.45) is 0 Å². The first kappa shape index (κ1) is 12.5. The second-order valence-corrected chi connectivity index (χ2v) is 4.39. The average Bonchev–Trinajstić information content (AvgIpc) is 2.26. The molecule has 1 saturated heterocycles. The van der Waals surface area contributed by atoms with Crippen LogP contribution in [0, 0.1) is 0 Å². The highest BCUT2D eigenvalue weighted by molar-refractivity contribution is 5.80. The summed E-state index contributed by atoms with van der Waals surface area (Å²) >= 11 is 0. The number of hydrogen-bond donors (Lipinski definition) is 0. The summed E-state index contributed by atoms with van der Waals surface area (Å²) in [4.78, 5) is 16.0. The van der Waals surface area contributed by atoms with Gasteiger partial charge in [-0.3, -0.25) is 4.79 Å². The number of nitrogens with zero attached hydrogens (tertiary/aromatic N) is 2. The van der Waals surface area contributed by atoms with Crippen molar-refractivity contribution in [1.82, 2.24) is 9.80 Å². The fourth-order valence-corrected chi connectivity index (χ4v) is 2.02. The number of ether oxygens (including phenoxy) is 1. The summed E-state index contributed by atoms with van der Waals surface area (Å²) in [5.41, 5.74) is 0. The van der Waals surface area contributed by atoms with Crippen molar-refractivity contribution in [1.29, 1.82) is 0 Å². The van der Waals surface area contributed by atoms with E-state index in [1.54, 1.807) is 14.0 Å². The predicted molar refractivity (Wildman–Crippen MR) is 59.8 cm³/mol. The van der Waals surface area contributed by atoms with Crippen LogP contribution in [-0.2, 0) is 9.53 Å². The molecule has 4 heteroatoms. The number of piperidine rings is 1. The van der Waals surface area contributed by atoms with Gasteiger partial charge in [0.15, 0.2) is 0 Å². The Kier molecular flexibility index (Phi) is 4.54. The lowest BCUT2D eigenvalue weighted by molar-refractivity contribution is -0.142. The first-order chi connectivity index (χ1) is 7.06. The Balaban J connectivity index is 2.51. The third kappa shape index (κ3) is 3.18. The van der Waals surface area contributed by atoms with Crippen LogP contribution in [0.1, 0.15) is 19.8 Å². The third-order valence-electron chi connectivity index (χ3n) is 3.20. The van der Waals surface area contributed by atoms with Crippen molar-refractivity contribution >= 4 is 5.91 Å².